The summed E-state index contributed by atoms with van der Waals surface area (Å²) in [5.41, 5.74) is 2.49. The van der Waals surface area contributed by atoms with Gasteiger partial charge in [0.05, 0.1) is 5.54 Å². The highest BCUT2D eigenvalue weighted by molar-refractivity contribution is 7.80. The van der Waals surface area contributed by atoms with Crippen LogP contribution < -0.4 is 5.32 Å². The molecule has 1 nitrogen and oxygen atoms in total. The number of benzene rings is 1. The number of hydrogen-bond donors (Lipinski definition) is 1. The quantitative estimate of drug-likeness (QED) is 0.610. The number of rotatable bonds is 0. The molecule has 0 saturated heterocycles. The van der Waals surface area contributed by atoms with E-state index in [-0.39, 0.29) is 5.54 Å². The lowest BCUT2D eigenvalue weighted by Gasteiger charge is -2.19. The molecule has 1 heterocycles. The van der Waals surface area contributed by atoms with E-state index in [1.807, 2.05) is 6.07 Å². The monoisotopic (exact) mass is 177 g/mol. The molecule has 0 amide bonds. The molecule has 0 unspecified atom stereocenters. The second kappa shape index (κ2) is 2.30. The summed E-state index contributed by atoms with van der Waals surface area (Å²) in [5, 5.41) is 3.29. The van der Waals surface area contributed by atoms with Crippen molar-refractivity contribution in [2.75, 3.05) is 0 Å². The van der Waals surface area contributed by atoms with Crippen LogP contribution in [-0.4, -0.2) is 4.99 Å². The van der Waals surface area contributed by atoms with Gasteiger partial charge in [0.1, 0.15) is 4.99 Å². The molecule has 0 radical (unpaired) electrons. The fraction of sp³-hybridized carbons (Fsp3) is 0.300. The molecule has 1 N–H and O–H groups in total. The van der Waals surface area contributed by atoms with Crippen LogP contribution in [0.2, 0.25) is 0 Å². The van der Waals surface area contributed by atoms with Crippen LogP contribution in [0.4, 0.5) is 0 Å². The van der Waals surface area contributed by atoms with Gasteiger partial charge in [-0.25, -0.2) is 0 Å². The third kappa shape index (κ3) is 0.950. The summed E-state index contributed by atoms with van der Waals surface area (Å²) in [6, 6.07) is 8.27. The van der Waals surface area contributed by atoms with E-state index in [2.05, 4.69) is 37.4 Å². The predicted octanol–water partition coefficient (Wildman–Crippen LogP) is 2.20. The van der Waals surface area contributed by atoms with Crippen LogP contribution >= 0.6 is 12.2 Å². The van der Waals surface area contributed by atoms with Gasteiger partial charge in [-0.2, -0.15) is 0 Å². The minimum Gasteiger partial charge on any atom is -0.367 e. The van der Waals surface area contributed by atoms with Gasteiger partial charge in [-0.15, -0.1) is 0 Å². The maximum absolute atomic E-state index is 5.21. The molecule has 2 heteroatoms. The van der Waals surface area contributed by atoms with Gasteiger partial charge in [-0.3, -0.25) is 0 Å². The van der Waals surface area contributed by atoms with Crippen molar-refractivity contribution in [1.29, 1.82) is 0 Å². The van der Waals surface area contributed by atoms with Crippen LogP contribution in [0.25, 0.3) is 0 Å². The highest BCUT2D eigenvalue weighted by atomic mass is 32.1. The Kier molecular flexibility index (Phi) is 1.48. The van der Waals surface area contributed by atoms with E-state index in [1.54, 1.807) is 0 Å². The zero-order chi connectivity index (χ0) is 8.77. The lowest BCUT2D eigenvalue weighted by atomic mass is 9.95. The molecule has 0 bridgehead atoms. The summed E-state index contributed by atoms with van der Waals surface area (Å²) < 4.78 is 0. The fourth-order valence-electron chi connectivity index (χ4n) is 1.64. The topological polar surface area (TPSA) is 12.0 Å². The lowest BCUT2D eigenvalue weighted by molar-refractivity contribution is 0.508. The molecule has 0 aliphatic carbocycles. The molecule has 62 valence electrons. The average molecular weight is 177 g/mol. The zero-order valence-electron chi connectivity index (χ0n) is 7.22. The van der Waals surface area contributed by atoms with Gasteiger partial charge in [-0.1, -0.05) is 36.5 Å². The molecule has 1 aromatic rings. The van der Waals surface area contributed by atoms with E-state index < -0.39 is 0 Å². The summed E-state index contributed by atoms with van der Waals surface area (Å²) in [6.07, 6.45) is 0. The molecular weight excluding hydrogens is 166 g/mol. The first-order valence-electron chi connectivity index (χ1n) is 4.03. The first-order valence-corrected chi connectivity index (χ1v) is 4.44. The standard InChI is InChI=1S/C10H11NS/c1-10(2)8-6-4-3-5-7(8)9(12)11-10/h3-6H,1-2H3,(H,11,12). The highest BCUT2D eigenvalue weighted by Gasteiger charge is 2.31. The Morgan fingerprint density at radius 2 is 1.92 bits per heavy atom. The molecule has 0 spiro atoms. The molecule has 0 fully saturated rings. The summed E-state index contributed by atoms with van der Waals surface area (Å²) in [5.74, 6) is 0. The maximum Gasteiger partial charge on any atom is 0.107 e. The molecule has 0 saturated carbocycles. The second-order valence-electron chi connectivity index (χ2n) is 3.62. The molecule has 1 aromatic carbocycles. The SMILES string of the molecule is CC1(C)NC(=S)c2ccccc21. The number of hydrogen-bond acceptors (Lipinski definition) is 1. The van der Waals surface area contributed by atoms with E-state index in [0.717, 1.165) is 4.99 Å². The molecule has 0 atom stereocenters. The van der Waals surface area contributed by atoms with Crippen LogP contribution in [0.3, 0.4) is 0 Å². The molecule has 12 heavy (non-hydrogen) atoms. The van der Waals surface area contributed by atoms with Crippen molar-refractivity contribution < 1.29 is 0 Å². The molecule has 0 aromatic heterocycles. The van der Waals surface area contributed by atoms with Crippen molar-refractivity contribution in [3.05, 3.63) is 35.4 Å². The van der Waals surface area contributed by atoms with Crippen LogP contribution in [0.5, 0.6) is 0 Å². The third-order valence-electron chi connectivity index (χ3n) is 2.27. The zero-order valence-corrected chi connectivity index (χ0v) is 8.03. The van der Waals surface area contributed by atoms with E-state index in [9.17, 15) is 0 Å². The summed E-state index contributed by atoms with van der Waals surface area (Å²) in [7, 11) is 0. The Morgan fingerprint density at radius 1 is 1.25 bits per heavy atom. The van der Waals surface area contributed by atoms with Gasteiger partial charge < -0.3 is 5.32 Å². The summed E-state index contributed by atoms with van der Waals surface area (Å²) in [4.78, 5) is 0.871. The van der Waals surface area contributed by atoms with E-state index in [4.69, 9.17) is 12.2 Å². The normalized spacial score (nSPS) is 18.7. The van der Waals surface area contributed by atoms with Gasteiger partial charge in [0, 0.05) is 5.56 Å². The van der Waals surface area contributed by atoms with Crippen LogP contribution in [0, 0.1) is 0 Å². The number of fused-ring (bicyclic) bond motifs is 1. The van der Waals surface area contributed by atoms with Gasteiger partial charge in [0.15, 0.2) is 0 Å². The van der Waals surface area contributed by atoms with Gasteiger partial charge >= 0.3 is 0 Å². The fourth-order valence-corrected chi connectivity index (χ4v) is 2.08. The molecule has 1 aliphatic heterocycles. The molecular formula is C10H11NS. The Balaban J connectivity index is 2.66. The smallest absolute Gasteiger partial charge is 0.107 e. The Bertz CT molecular complexity index is 341. The highest BCUT2D eigenvalue weighted by Crippen LogP contribution is 2.30. The van der Waals surface area contributed by atoms with Crippen LogP contribution in [0.15, 0.2) is 24.3 Å². The van der Waals surface area contributed by atoms with Gasteiger partial charge in [-0.05, 0) is 19.4 Å². The van der Waals surface area contributed by atoms with Crippen molar-refractivity contribution in [2.24, 2.45) is 0 Å². The number of thiocarbonyl (C=S) groups is 1. The van der Waals surface area contributed by atoms with Crippen molar-refractivity contribution in [2.45, 2.75) is 19.4 Å². The summed E-state index contributed by atoms with van der Waals surface area (Å²) >= 11 is 5.21. The predicted molar refractivity (Wildman–Crippen MR) is 54.3 cm³/mol. The Labute approximate surface area is 77.8 Å². The van der Waals surface area contributed by atoms with Crippen LogP contribution in [-0.2, 0) is 5.54 Å². The van der Waals surface area contributed by atoms with Gasteiger partial charge in [0.2, 0.25) is 0 Å². The summed E-state index contributed by atoms with van der Waals surface area (Å²) in [6.45, 7) is 4.29. The Morgan fingerprint density at radius 3 is 2.58 bits per heavy atom. The largest absolute Gasteiger partial charge is 0.367 e. The third-order valence-corrected chi connectivity index (χ3v) is 2.59. The number of nitrogens with one attached hydrogen (secondary N) is 1. The molecule has 1 aliphatic rings. The first kappa shape index (κ1) is 7.74. The maximum atomic E-state index is 5.21. The minimum atomic E-state index is 0.00762. The Hall–Kier alpha value is -0.890. The van der Waals surface area contributed by atoms with Crippen molar-refractivity contribution >= 4 is 17.2 Å². The minimum absolute atomic E-state index is 0.00762. The van der Waals surface area contributed by atoms with Crippen molar-refractivity contribution in [1.82, 2.24) is 5.32 Å². The van der Waals surface area contributed by atoms with E-state index in [0.29, 0.717) is 0 Å². The van der Waals surface area contributed by atoms with E-state index >= 15 is 0 Å². The van der Waals surface area contributed by atoms with Crippen molar-refractivity contribution in [3.8, 4) is 0 Å². The second-order valence-corrected chi connectivity index (χ2v) is 4.03. The molecule has 2 rings (SSSR count). The lowest BCUT2D eigenvalue weighted by Crippen LogP contribution is -2.32. The van der Waals surface area contributed by atoms with Crippen LogP contribution in [0.1, 0.15) is 25.0 Å². The average Bonchev–Trinajstić information content (AvgIpc) is 2.25. The first-order chi connectivity index (χ1) is 5.61. The van der Waals surface area contributed by atoms with E-state index in [1.165, 1.54) is 11.1 Å². The van der Waals surface area contributed by atoms with Crippen molar-refractivity contribution in [3.63, 3.8) is 0 Å². The van der Waals surface area contributed by atoms with Gasteiger partial charge in [0.25, 0.3) is 0 Å².